The number of methoxy groups -OCH3 is 2. The second-order valence-corrected chi connectivity index (χ2v) is 17.2. The summed E-state index contributed by atoms with van der Waals surface area (Å²) in [7, 11) is -6.03. The van der Waals surface area contributed by atoms with Crippen molar-refractivity contribution in [3.63, 3.8) is 0 Å². The topological polar surface area (TPSA) is 201 Å². The predicted octanol–water partition coefficient (Wildman–Crippen LogP) is 4.30. The van der Waals surface area contributed by atoms with Crippen molar-refractivity contribution in [3.05, 3.63) is 53.9 Å². The summed E-state index contributed by atoms with van der Waals surface area (Å²) in [5.41, 5.74) is -0.856. The van der Waals surface area contributed by atoms with Crippen molar-refractivity contribution < 1.29 is 45.0 Å². The van der Waals surface area contributed by atoms with Gasteiger partial charge in [-0.05, 0) is 64.7 Å². The molecule has 1 aliphatic carbocycles. The van der Waals surface area contributed by atoms with Crippen molar-refractivity contribution >= 4 is 48.7 Å². The second-order valence-electron chi connectivity index (χ2n) is 13.1. The van der Waals surface area contributed by atoms with E-state index >= 15 is 8.78 Å². The molecular formula is C31H43F2N7O8S3. The molecule has 1 saturated carbocycles. The lowest BCUT2D eigenvalue weighted by Crippen LogP contribution is -2.59. The highest BCUT2D eigenvalue weighted by atomic mass is 32.2. The smallest absolute Gasteiger partial charge is 0.404 e. The molecule has 20 heteroatoms. The molecule has 3 aromatic rings. The van der Waals surface area contributed by atoms with Crippen LogP contribution in [-0.4, -0.2) is 75.8 Å². The van der Waals surface area contributed by atoms with Gasteiger partial charge in [-0.3, -0.25) is 0 Å². The van der Waals surface area contributed by atoms with Gasteiger partial charge in [0.15, 0.2) is 0 Å². The number of hydrogen-bond donors (Lipinski definition) is 5. The van der Waals surface area contributed by atoms with Crippen molar-refractivity contribution in [2.24, 2.45) is 11.8 Å². The van der Waals surface area contributed by atoms with Gasteiger partial charge in [-0.1, -0.05) is 6.42 Å². The minimum absolute atomic E-state index is 0.108. The maximum atomic E-state index is 15.8. The fourth-order valence-electron chi connectivity index (χ4n) is 5.74. The van der Waals surface area contributed by atoms with Gasteiger partial charge < -0.3 is 25.2 Å². The first-order valence-electron chi connectivity index (χ1n) is 15.9. The first kappa shape index (κ1) is 39.9. The summed E-state index contributed by atoms with van der Waals surface area (Å²) in [6, 6.07) is 4.28. The van der Waals surface area contributed by atoms with Crippen LogP contribution in [0.15, 0.2) is 41.6 Å². The maximum absolute atomic E-state index is 15.8. The standard InChI is InChI=1S/C31H43F2N7O8S3/c1-18(37-30(41)42)22(28(19-8-7-9-19)38-51(45,46)39-31(2,3)4)15-34-25-13-24(33)27(14-23(25)32)50(43,44)40(29-35-17-36-49-29)16-20-10-11-21(47-5)12-26(20)48-6/h10-14,17-19,22,28,34,37-39H,7-9,15-16H2,1-6H3,(H,41,42). The Morgan fingerprint density at radius 2 is 1.80 bits per heavy atom. The summed E-state index contributed by atoms with van der Waals surface area (Å²) in [6.45, 7) is 5.97. The van der Waals surface area contributed by atoms with E-state index in [0.29, 0.717) is 36.3 Å². The summed E-state index contributed by atoms with van der Waals surface area (Å²) >= 11 is 0.733. The zero-order valence-corrected chi connectivity index (χ0v) is 31.4. The van der Waals surface area contributed by atoms with Crippen LogP contribution in [0.4, 0.5) is 24.4 Å². The van der Waals surface area contributed by atoms with Gasteiger partial charge in [0.1, 0.15) is 34.4 Å². The molecule has 1 aromatic heterocycles. The number of sulfonamides is 1. The molecule has 1 aliphatic rings. The lowest BCUT2D eigenvalue weighted by atomic mass is 9.73. The molecule has 0 saturated heterocycles. The summed E-state index contributed by atoms with van der Waals surface area (Å²) in [6.07, 6.45) is 1.95. The number of rotatable bonds is 17. The van der Waals surface area contributed by atoms with Crippen LogP contribution in [0.5, 0.6) is 11.5 Å². The van der Waals surface area contributed by atoms with E-state index in [9.17, 15) is 26.7 Å². The Hall–Kier alpha value is -3.85. The Bertz CT molecular complexity index is 1890. The van der Waals surface area contributed by atoms with E-state index in [2.05, 4.69) is 29.4 Å². The van der Waals surface area contributed by atoms with Crippen molar-refractivity contribution in [1.82, 2.24) is 24.1 Å². The number of anilines is 2. The molecule has 3 atom stereocenters. The number of carboxylic acid groups (broad SMARTS) is 1. The molecule has 1 fully saturated rings. The first-order chi connectivity index (χ1) is 23.8. The summed E-state index contributed by atoms with van der Waals surface area (Å²) in [5, 5.41) is 14.5. The van der Waals surface area contributed by atoms with Crippen molar-refractivity contribution in [2.45, 2.75) is 76.0 Å². The van der Waals surface area contributed by atoms with E-state index in [1.807, 2.05) is 0 Å². The highest BCUT2D eigenvalue weighted by molar-refractivity contribution is 7.93. The Morgan fingerprint density at radius 1 is 1.10 bits per heavy atom. The summed E-state index contributed by atoms with van der Waals surface area (Å²) in [4.78, 5) is 14.6. The third-order valence-electron chi connectivity index (χ3n) is 8.33. The molecule has 0 radical (unpaired) electrons. The molecule has 5 N–H and O–H groups in total. The quantitative estimate of drug-likeness (QED) is 0.131. The van der Waals surface area contributed by atoms with Crippen LogP contribution in [-0.2, 0) is 26.8 Å². The third kappa shape index (κ3) is 10.1. The number of ether oxygens (including phenoxy) is 2. The van der Waals surface area contributed by atoms with E-state index < -0.39 is 72.1 Å². The summed E-state index contributed by atoms with van der Waals surface area (Å²) in [5.74, 6) is -2.62. The Labute approximate surface area is 300 Å². The van der Waals surface area contributed by atoms with Crippen molar-refractivity contribution in [3.8, 4) is 11.5 Å². The number of nitrogens with one attached hydrogen (secondary N) is 4. The molecule has 51 heavy (non-hydrogen) atoms. The zero-order chi connectivity index (χ0) is 37.7. The van der Waals surface area contributed by atoms with Gasteiger partial charge in [0, 0.05) is 59.3 Å². The molecule has 3 unspecified atom stereocenters. The largest absolute Gasteiger partial charge is 0.497 e. The number of amides is 1. The maximum Gasteiger partial charge on any atom is 0.404 e. The molecule has 15 nitrogen and oxygen atoms in total. The Morgan fingerprint density at radius 3 is 2.35 bits per heavy atom. The molecule has 282 valence electrons. The lowest BCUT2D eigenvalue weighted by Gasteiger charge is -2.41. The van der Waals surface area contributed by atoms with Crippen LogP contribution in [0, 0.1) is 23.5 Å². The zero-order valence-electron chi connectivity index (χ0n) is 28.9. The highest BCUT2D eigenvalue weighted by Crippen LogP contribution is 2.36. The number of benzene rings is 2. The SMILES string of the molecule is COc1ccc(CN(c2ncns2)S(=O)(=O)c2cc(F)c(NCC(C(C)NC(=O)O)C(NS(=O)(=O)NC(C)(C)C)C3CCC3)cc2F)c(OC)c1. The van der Waals surface area contributed by atoms with Crippen molar-refractivity contribution in [2.75, 3.05) is 30.4 Å². The fourth-order valence-corrected chi connectivity index (χ4v) is 9.52. The van der Waals surface area contributed by atoms with Gasteiger partial charge >= 0.3 is 6.09 Å². The average molecular weight is 776 g/mol. The van der Waals surface area contributed by atoms with E-state index in [0.717, 1.165) is 28.6 Å². The molecule has 1 heterocycles. The number of carbonyl (C=O) groups is 1. The van der Waals surface area contributed by atoms with Crippen LogP contribution >= 0.6 is 11.5 Å². The minimum Gasteiger partial charge on any atom is -0.497 e. The van der Waals surface area contributed by atoms with E-state index in [1.54, 1.807) is 45.9 Å². The van der Waals surface area contributed by atoms with E-state index in [1.165, 1.54) is 14.2 Å². The van der Waals surface area contributed by atoms with Gasteiger partial charge in [0.05, 0.1) is 26.5 Å². The van der Waals surface area contributed by atoms with Gasteiger partial charge in [-0.2, -0.15) is 22.2 Å². The molecule has 0 spiro atoms. The fraction of sp³-hybridized carbons (Fsp3) is 0.516. The average Bonchev–Trinajstić information content (AvgIpc) is 3.53. The van der Waals surface area contributed by atoms with Crippen LogP contribution in [0.25, 0.3) is 0 Å². The number of aromatic nitrogens is 2. The molecule has 4 rings (SSSR count). The first-order valence-corrected chi connectivity index (χ1v) is 19.6. The third-order valence-corrected chi connectivity index (χ3v) is 12.4. The van der Waals surface area contributed by atoms with Gasteiger partial charge in [0.25, 0.3) is 20.2 Å². The minimum atomic E-state index is -4.79. The van der Waals surface area contributed by atoms with Crippen LogP contribution in [0.1, 0.15) is 52.5 Å². The highest BCUT2D eigenvalue weighted by Gasteiger charge is 2.40. The van der Waals surface area contributed by atoms with Crippen LogP contribution in [0.2, 0.25) is 0 Å². The molecule has 2 aromatic carbocycles. The van der Waals surface area contributed by atoms with Gasteiger partial charge in [-0.25, -0.2) is 31.3 Å². The van der Waals surface area contributed by atoms with E-state index in [-0.39, 0.29) is 29.9 Å². The molecule has 1 amide bonds. The Kier molecular flexibility index (Phi) is 12.7. The molecule has 0 bridgehead atoms. The predicted molar refractivity (Wildman–Crippen MR) is 188 cm³/mol. The monoisotopic (exact) mass is 775 g/mol. The number of nitrogens with zero attached hydrogens (tertiary/aromatic N) is 3. The number of halogens is 2. The normalized spacial score (nSPS) is 15.7. The van der Waals surface area contributed by atoms with Gasteiger partial charge in [0.2, 0.25) is 5.13 Å². The molecular weight excluding hydrogens is 733 g/mol. The van der Waals surface area contributed by atoms with Crippen LogP contribution in [0.3, 0.4) is 0 Å². The van der Waals surface area contributed by atoms with Crippen molar-refractivity contribution in [1.29, 1.82) is 0 Å². The second kappa shape index (κ2) is 16.2. The van der Waals surface area contributed by atoms with Gasteiger partial charge in [-0.15, -0.1) is 0 Å². The number of hydrogen-bond acceptors (Lipinski definition) is 11. The summed E-state index contributed by atoms with van der Waals surface area (Å²) < 4.78 is 106. The Balaban J connectivity index is 1.66. The van der Waals surface area contributed by atoms with E-state index in [4.69, 9.17) is 9.47 Å². The van der Waals surface area contributed by atoms with Crippen LogP contribution < -0.4 is 33.9 Å². The lowest BCUT2D eigenvalue weighted by molar-refractivity contribution is 0.159. The molecule has 0 aliphatic heterocycles.